The second-order valence-electron chi connectivity index (χ2n) is 8.93. The van der Waals surface area contributed by atoms with Gasteiger partial charge in [-0.1, -0.05) is 0 Å². The van der Waals surface area contributed by atoms with Crippen molar-refractivity contribution in [2.45, 2.75) is 48.1 Å². The second-order valence-corrected chi connectivity index (χ2v) is 25.4. The van der Waals surface area contributed by atoms with Gasteiger partial charge in [0.05, 0.1) is 0 Å². The van der Waals surface area contributed by atoms with Crippen molar-refractivity contribution >= 4 is 60.5 Å². The van der Waals surface area contributed by atoms with E-state index in [1.807, 2.05) is 38.3 Å². The van der Waals surface area contributed by atoms with Gasteiger partial charge < -0.3 is 0 Å². The summed E-state index contributed by atoms with van der Waals surface area (Å²) >= 11 is -0.328. The molecular formula is C19H29N5O2SSn. The molecule has 7 nitrogen and oxygen atoms in total. The molecule has 0 aliphatic heterocycles. The summed E-state index contributed by atoms with van der Waals surface area (Å²) in [5, 5.41) is 6.07. The fourth-order valence-electron chi connectivity index (χ4n) is 2.79. The van der Waals surface area contributed by atoms with Crippen LogP contribution < -0.4 is 13.5 Å². The molecule has 0 unspecified atom stereocenters. The quantitative estimate of drug-likeness (QED) is 0.404. The third kappa shape index (κ3) is 4.71. The molecule has 0 fully saturated rings. The molecule has 3 aromatic heterocycles. The Bertz CT molecular complexity index is 1010. The third-order valence-electron chi connectivity index (χ3n) is 4.10. The van der Waals surface area contributed by atoms with Gasteiger partial charge in [0, 0.05) is 0 Å². The van der Waals surface area contributed by atoms with E-state index in [0.29, 0.717) is 13.1 Å². The summed E-state index contributed by atoms with van der Waals surface area (Å²) < 4.78 is 8.93. The summed E-state index contributed by atoms with van der Waals surface area (Å²) in [6.45, 7) is 8.57. The van der Waals surface area contributed by atoms with E-state index in [9.17, 15) is 4.79 Å². The number of fused-ring (bicyclic) bond motifs is 3. The molecule has 0 aromatic carbocycles. The van der Waals surface area contributed by atoms with Crippen molar-refractivity contribution in [3.63, 3.8) is 0 Å². The number of alkyl carbamates (subject to hydrolysis) is 1. The van der Waals surface area contributed by atoms with Gasteiger partial charge in [0.15, 0.2) is 0 Å². The Labute approximate surface area is 173 Å². The molecule has 0 saturated carbocycles. The Kier molecular flexibility index (Phi) is 5.82. The average molecular weight is 510 g/mol. The summed E-state index contributed by atoms with van der Waals surface area (Å²) in [6, 6.07) is 2.25. The number of aryl methyl sites for hydroxylation is 1. The fourth-order valence-corrected chi connectivity index (χ4v) is 9.08. The Morgan fingerprint density at radius 3 is 2.64 bits per heavy atom. The predicted octanol–water partition coefficient (Wildman–Crippen LogP) is 3.73. The number of hydrogen-bond acceptors (Lipinski definition) is 6. The topological polar surface area (TPSA) is 80.5 Å². The van der Waals surface area contributed by atoms with Gasteiger partial charge in [-0.2, -0.15) is 0 Å². The number of nitrogens with one attached hydrogen (secondary N) is 2. The van der Waals surface area contributed by atoms with Gasteiger partial charge in [-0.3, -0.25) is 0 Å². The Hall–Kier alpha value is -1.55. The summed E-state index contributed by atoms with van der Waals surface area (Å²) in [6.07, 6.45) is 1.46. The predicted molar refractivity (Wildman–Crippen MR) is 119 cm³/mol. The number of hydrogen-bond donors (Lipinski definition) is 2. The monoisotopic (exact) mass is 511 g/mol. The Morgan fingerprint density at radius 2 is 2.00 bits per heavy atom. The number of carbonyl (C=O) groups is 1. The van der Waals surface area contributed by atoms with Crippen molar-refractivity contribution in [2.75, 3.05) is 18.4 Å². The van der Waals surface area contributed by atoms with Crippen molar-refractivity contribution in [1.29, 1.82) is 0 Å². The van der Waals surface area contributed by atoms with E-state index in [1.54, 1.807) is 0 Å². The van der Waals surface area contributed by atoms with Crippen LogP contribution in [0.15, 0.2) is 12.3 Å². The number of aromatic nitrogens is 3. The van der Waals surface area contributed by atoms with E-state index in [-0.39, 0.29) is 0 Å². The van der Waals surface area contributed by atoms with E-state index in [0.717, 1.165) is 27.5 Å². The Morgan fingerprint density at radius 1 is 1.29 bits per heavy atom. The SMILES string of the molecule is Cc1cnc2c(NCCNC(=O)OC(C)(C)C)nc3c[c]([Sn]([CH3])([CH3])[CH3])sc3n12. The first-order valence-electron chi connectivity index (χ1n) is 9.44. The van der Waals surface area contributed by atoms with Crippen LogP contribution >= 0.6 is 11.3 Å². The van der Waals surface area contributed by atoms with Crippen LogP contribution in [0.4, 0.5) is 10.6 Å². The molecule has 0 spiro atoms. The molecule has 3 rings (SSSR count). The first kappa shape index (κ1) is 21.2. The van der Waals surface area contributed by atoms with Gasteiger partial charge in [0.1, 0.15) is 0 Å². The zero-order valence-electron chi connectivity index (χ0n) is 17.6. The van der Waals surface area contributed by atoms with Crippen LogP contribution in [0.2, 0.25) is 14.8 Å². The summed E-state index contributed by atoms with van der Waals surface area (Å²) in [5.41, 5.74) is 2.41. The van der Waals surface area contributed by atoms with Crippen molar-refractivity contribution in [3.8, 4) is 0 Å². The number of nitrogens with zero attached hydrogens (tertiary/aromatic N) is 3. The molecule has 28 heavy (non-hydrogen) atoms. The third-order valence-corrected chi connectivity index (χ3v) is 14.6. The average Bonchev–Trinajstić information content (AvgIpc) is 3.13. The maximum atomic E-state index is 11.8. The molecule has 3 heterocycles. The number of ether oxygens (including phenoxy) is 1. The summed E-state index contributed by atoms with van der Waals surface area (Å²) in [4.78, 5) is 29.6. The number of carbonyl (C=O) groups excluding carboxylic acids is 1. The molecule has 3 aromatic rings. The van der Waals surface area contributed by atoms with Crippen LogP contribution in [0, 0.1) is 6.92 Å². The molecule has 0 radical (unpaired) electrons. The summed E-state index contributed by atoms with van der Waals surface area (Å²) in [5.74, 6) is 0.736. The normalized spacial score (nSPS) is 12.5. The zero-order valence-corrected chi connectivity index (χ0v) is 21.3. The van der Waals surface area contributed by atoms with Gasteiger partial charge in [-0.05, 0) is 20.8 Å². The molecular weight excluding hydrogens is 481 g/mol. The summed E-state index contributed by atoms with van der Waals surface area (Å²) in [7, 11) is 0. The number of thiophene rings is 1. The second kappa shape index (κ2) is 7.70. The van der Waals surface area contributed by atoms with E-state index in [2.05, 4.69) is 47.8 Å². The van der Waals surface area contributed by atoms with Gasteiger partial charge in [-0.25, -0.2) is 0 Å². The standard InChI is InChI=1S/C16H20N5O2S.3CH3.Sn/c1-10-9-19-13-12(20-11-5-8-24-14(11)21(10)13)17-6-7-18-15(22)23-16(2,3)4;;;;/h5,9H,6-7H2,1-4H3,(H,17,20)(H,18,22);3*1H3;. The zero-order chi connectivity index (χ0) is 20.7. The van der Waals surface area contributed by atoms with Gasteiger partial charge in [0.2, 0.25) is 0 Å². The molecule has 0 saturated heterocycles. The van der Waals surface area contributed by atoms with E-state index < -0.39 is 30.1 Å². The minimum atomic E-state index is -2.18. The van der Waals surface area contributed by atoms with E-state index in [1.165, 1.54) is 2.89 Å². The number of amides is 1. The minimum absolute atomic E-state index is 0.417. The molecule has 9 heteroatoms. The van der Waals surface area contributed by atoms with E-state index in [4.69, 9.17) is 9.72 Å². The van der Waals surface area contributed by atoms with Crippen LogP contribution in [-0.2, 0) is 4.74 Å². The van der Waals surface area contributed by atoms with Crippen molar-refractivity contribution in [3.05, 3.63) is 18.0 Å². The first-order valence-corrected chi connectivity index (χ1v) is 20.2. The van der Waals surface area contributed by atoms with Crippen LogP contribution in [-0.4, -0.2) is 57.5 Å². The molecule has 0 aliphatic rings. The van der Waals surface area contributed by atoms with Crippen LogP contribution in [0.1, 0.15) is 26.5 Å². The number of anilines is 1. The van der Waals surface area contributed by atoms with Crippen LogP contribution in [0.3, 0.4) is 0 Å². The molecule has 0 bridgehead atoms. The molecule has 2 N–H and O–H groups in total. The van der Waals surface area contributed by atoms with Gasteiger partial charge in [-0.15, -0.1) is 0 Å². The van der Waals surface area contributed by atoms with E-state index >= 15 is 0 Å². The Balaban J connectivity index is 1.80. The molecule has 1 amide bonds. The van der Waals surface area contributed by atoms with Crippen molar-refractivity contribution < 1.29 is 9.53 Å². The van der Waals surface area contributed by atoms with Crippen molar-refractivity contribution in [1.82, 2.24) is 19.7 Å². The number of rotatable bonds is 5. The first-order chi connectivity index (χ1) is 13.0. The molecule has 0 aliphatic carbocycles. The van der Waals surface area contributed by atoms with Crippen LogP contribution in [0.5, 0.6) is 0 Å². The van der Waals surface area contributed by atoms with Gasteiger partial charge >= 0.3 is 153 Å². The van der Waals surface area contributed by atoms with Crippen LogP contribution in [0.25, 0.3) is 16.0 Å². The molecule has 152 valence electrons. The van der Waals surface area contributed by atoms with Gasteiger partial charge in [0.25, 0.3) is 0 Å². The molecule has 0 atom stereocenters. The fraction of sp³-hybridized carbons (Fsp3) is 0.526. The van der Waals surface area contributed by atoms with Crippen molar-refractivity contribution in [2.24, 2.45) is 0 Å². The maximum absolute atomic E-state index is 11.8. The number of imidazole rings is 1.